The highest BCUT2D eigenvalue weighted by Gasteiger charge is 2.38. The van der Waals surface area contributed by atoms with Gasteiger partial charge in [-0.25, -0.2) is 13.5 Å². The lowest BCUT2D eigenvalue weighted by atomic mass is 9.85. The van der Waals surface area contributed by atoms with Crippen LogP contribution < -0.4 is 5.32 Å². The van der Waals surface area contributed by atoms with Gasteiger partial charge in [0, 0.05) is 25.2 Å². The van der Waals surface area contributed by atoms with Crippen molar-refractivity contribution in [2.45, 2.75) is 58.0 Å². The van der Waals surface area contributed by atoms with Crippen LogP contribution in [0, 0.1) is 19.8 Å². The van der Waals surface area contributed by atoms with Crippen LogP contribution in [0.2, 0.25) is 0 Å². The number of aryl methyl sites for hydroxylation is 2. The van der Waals surface area contributed by atoms with Crippen LogP contribution in [0.3, 0.4) is 0 Å². The van der Waals surface area contributed by atoms with Crippen molar-refractivity contribution in [3.8, 4) is 0 Å². The number of alkyl halides is 2. The Labute approximate surface area is 170 Å². The number of hydrogen-bond acceptors (Lipinski definition) is 3. The van der Waals surface area contributed by atoms with E-state index >= 15 is 0 Å². The van der Waals surface area contributed by atoms with Crippen LogP contribution in [-0.4, -0.2) is 46.1 Å². The zero-order chi connectivity index (χ0) is 20.5. The van der Waals surface area contributed by atoms with E-state index in [2.05, 4.69) is 10.4 Å². The second-order valence-corrected chi connectivity index (χ2v) is 8.39. The smallest absolute Gasteiger partial charge is 0.260 e. The van der Waals surface area contributed by atoms with E-state index in [4.69, 9.17) is 0 Å². The second-order valence-electron chi connectivity index (χ2n) is 8.39. The molecule has 0 radical (unpaired) electrons. The summed E-state index contributed by atoms with van der Waals surface area (Å²) in [6.07, 6.45) is 0.0162. The molecule has 2 aliphatic rings. The van der Waals surface area contributed by atoms with Gasteiger partial charge in [-0.15, -0.1) is 0 Å². The molecule has 29 heavy (non-hydrogen) atoms. The number of rotatable bonds is 4. The topological polar surface area (TPSA) is 50.2 Å². The highest BCUT2D eigenvalue weighted by Crippen LogP contribution is 2.36. The number of aromatic nitrogens is 2. The summed E-state index contributed by atoms with van der Waals surface area (Å²) >= 11 is 0. The quantitative estimate of drug-likeness (QED) is 0.842. The number of carbonyl (C=O) groups excluding carboxylic acids is 1. The number of hydrogen-bond donors (Lipinski definition) is 1. The van der Waals surface area contributed by atoms with Crippen LogP contribution in [0.15, 0.2) is 30.3 Å². The maximum Gasteiger partial charge on any atom is 0.260 e. The fourth-order valence-electron chi connectivity index (χ4n) is 4.67. The summed E-state index contributed by atoms with van der Waals surface area (Å²) < 4.78 is 28.7. The number of likely N-dealkylation sites (tertiary alicyclic amines) is 1. The molecule has 4 rings (SSSR count). The third-order valence-electron chi connectivity index (χ3n) is 6.19. The maximum absolute atomic E-state index is 13.6. The van der Waals surface area contributed by atoms with E-state index in [1.807, 2.05) is 49.1 Å². The molecule has 0 spiro atoms. The minimum absolute atomic E-state index is 0.00775. The van der Waals surface area contributed by atoms with Crippen LogP contribution in [0.1, 0.15) is 42.1 Å². The number of nitrogens with one attached hydrogen (secondary N) is 1. The summed E-state index contributed by atoms with van der Waals surface area (Å²) in [6, 6.07) is 8.98. The summed E-state index contributed by atoms with van der Waals surface area (Å²) in [6.45, 7) is 5.22. The first-order chi connectivity index (χ1) is 13.9. The van der Waals surface area contributed by atoms with Gasteiger partial charge in [0.05, 0.1) is 12.1 Å². The van der Waals surface area contributed by atoms with E-state index in [9.17, 15) is 13.6 Å². The molecule has 2 aliphatic heterocycles. The van der Waals surface area contributed by atoms with E-state index < -0.39 is 12.5 Å². The van der Waals surface area contributed by atoms with Gasteiger partial charge in [-0.05, 0) is 44.6 Å². The Morgan fingerprint density at radius 2 is 2.00 bits per heavy atom. The highest BCUT2D eigenvalue weighted by molar-refractivity contribution is 5.78. The Balaban J connectivity index is 1.36. The fraction of sp³-hybridized carbons (Fsp3) is 0.545. The van der Waals surface area contributed by atoms with Gasteiger partial charge in [0.1, 0.15) is 11.9 Å². The summed E-state index contributed by atoms with van der Waals surface area (Å²) in [5.74, 6) is 1.11. The van der Waals surface area contributed by atoms with Crippen molar-refractivity contribution in [3.05, 3.63) is 47.2 Å². The van der Waals surface area contributed by atoms with Crippen LogP contribution in [0.25, 0.3) is 0 Å². The number of benzene rings is 1. The third kappa shape index (κ3) is 4.28. The zero-order valence-corrected chi connectivity index (χ0v) is 16.9. The minimum Gasteiger partial charge on any atom is -0.367 e. The minimum atomic E-state index is -2.44. The Morgan fingerprint density at radius 3 is 2.69 bits per heavy atom. The predicted octanol–water partition coefficient (Wildman–Crippen LogP) is 3.97. The highest BCUT2D eigenvalue weighted by atomic mass is 19.3. The Bertz CT molecular complexity index is 873. The molecule has 2 atom stereocenters. The summed E-state index contributed by atoms with van der Waals surface area (Å²) in [5, 5.41) is 7.66. The van der Waals surface area contributed by atoms with Gasteiger partial charge in [-0.1, -0.05) is 29.8 Å². The van der Waals surface area contributed by atoms with E-state index in [1.54, 1.807) is 0 Å². The van der Waals surface area contributed by atoms with Gasteiger partial charge >= 0.3 is 0 Å². The van der Waals surface area contributed by atoms with Gasteiger partial charge in [0.15, 0.2) is 0 Å². The van der Waals surface area contributed by atoms with Crippen molar-refractivity contribution in [2.24, 2.45) is 5.92 Å². The standard InChI is InChI=1S/C22H28F2N4O/c1-14-4-3-5-16(10-14)12-21(29)27-8-6-17(7-9-27)18-13-19(22(23)24)28-20(25-18)11-15(2)26-28/h3-5,10-11,17-19,22,25H,6-9,12-13H2,1-2H3/t18-,19+/m0/s1. The van der Waals surface area contributed by atoms with Crippen molar-refractivity contribution in [1.82, 2.24) is 14.7 Å². The molecule has 1 saturated heterocycles. The lowest BCUT2D eigenvalue weighted by Gasteiger charge is -2.40. The van der Waals surface area contributed by atoms with Crippen LogP contribution in [-0.2, 0) is 11.2 Å². The summed E-state index contributed by atoms with van der Waals surface area (Å²) in [5.41, 5.74) is 2.94. The van der Waals surface area contributed by atoms with E-state index in [0.717, 1.165) is 29.7 Å². The molecule has 156 valence electrons. The number of fused-ring (bicyclic) bond motifs is 1. The zero-order valence-electron chi connectivity index (χ0n) is 16.9. The molecule has 0 saturated carbocycles. The van der Waals surface area contributed by atoms with Gasteiger partial charge in [-0.2, -0.15) is 5.10 Å². The molecule has 1 aromatic heterocycles. The summed E-state index contributed by atoms with van der Waals surface area (Å²) in [4.78, 5) is 14.6. The van der Waals surface area contributed by atoms with Crippen molar-refractivity contribution in [2.75, 3.05) is 18.4 Å². The predicted molar refractivity (Wildman–Crippen MR) is 108 cm³/mol. The number of halogens is 2. The normalized spacial score (nSPS) is 22.4. The van der Waals surface area contributed by atoms with E-state index in [1.165, 1.54) is 4.68 Å². The molecular weight excluding hydrogens is 374 g/mol. The SMILES string of the molecule is Cc1cccc(CC(=O)N2CCC([C@@H]3C[C@H](C(F)F)n4nc(C)cc4N3)CC2)c1. The molecule has 0 bridgehead atoms. The Kier molecular flexibility index (Phi) is 5.56. The van der Waals surface area contributed by atoms with E-state index in [-0.39, 0.29) is 17.9 Å². The lowest BCUT2D eigenvalue weighted by molar-refractivity contribution is -0.131. The Morgan fingerprint density at radius 1 is 1.24 bits per heavy atom. The maximum atomic E-state index is 13.6. The first kappa shape index (κ1) is 19.9. The van der Waals surface area contributed by atoms with E-state index in [0.29, 0.717) is 31.7 Å². The molecule has 5 nitrogen and oxygen atoms in total. The largest absolute Gasteiger partial charge is 0.367 e. The number of nitrogens with zero attached hydrogens (tertiary/aromatic N) is 3. The van der Waals surface area contributed by atoms with Gasteiger partial charge in [0.2, 0.25) is 5.91 Å². The monoisotopic (exact) mass is 402 g/mol. The van der Waals surface area contributed by atoms with Crippen LogP contribution >= 0.6 is 0 Å². The third-order valence-corrected chi connectivity index (χ3v) is 6.19. The molecule has 1 fully saturated rings. The number of carbonyl (C=O) groups is 1. The average molecular weight is 402 g/mol. The first-order valence-corrected chi connectivity index (χ1v) is 10.3. The molecule has 1 N–H and O–H groups in total. The van der Waals surface area contributed by atoms with Gasteiger partial charge in [-0.3, -0.25) is 4.79 Å². The van der Waals surface area contributed by atoms with Crippen molar-refractivity contribution >= 4 is 11.7 Å². The molecule has 0 unspecified atom stereocenters. The second kappa shape index (κ2) is 8.13. The molecule has 1 amide bonds. The number of anilines is 1. The average Bonchev–Trinajstić information content (AvgIpc) is 3.07. The fourth-order valence-corrected chi connectivity index (χ4v) is 4.67. The molecule has 1 aromatic carbocycles. The van der Waals surface area contributed by atoms with Crippen LogP contribution in [0.4, 0.5) is 14.6 Å². The molecule has 0 aliphatic carbocycles. The van der Waals surface area contributed by atoms with Crippen molar-refractivity contribution < 1.29 is 13.6 Å². The van der Waals surface area contributed by atoms with Gasteiger partial charge < -0.3 is 10.2 Å². The molecular formula is C22H28F2N4O. The number of amides is 1. The lowest BCUT2D eigenvalue weighted by Crippen LogP contribution is -2.46. The van der Waals surface area contributed by atoms with Crippen molar-refractivity contribution in [1.29, 1.82) is 0 Å². The summed E-state index contributed by atoms with van der Waals surface area (Å²) in [7, 11) is 0. The Hall–Kier alpha value is -2.44. The van der Waals surface area contributed by atoms with Crippen LogP contribution in [0.5, 0.6) is 0 Å². The molecule has 3 heterocycles. The first-order valence-electron chi connectivity index (χ1n) is 10.3. The van der Waals surface area contributed by atoms with Gasteiger partial charge in [0.25, 0.3) is 6.43 Å². The number of piperidine rings is 1. The molecule has 7 heteroatoms. The van der Waals surface area contributed by atoms with Crippen molar-refractivity contribution in [3.63, 3.8) is 0 Å². The molecule has 2 aromatic rings.